The van der Waals surface area contributed by atoms with E-state index in [9.17, 15) is 14.4 Å². The smallest absolute Gasteiger partial charge is 0.306 e. The van der Waals surface area contributed by atoms with Gasteiger partial charge in [0.25, 0.3) is 0 Å². The second-order valence-corrected chi connectivity index (χ2v) is 17.8. The summed E-state index contributed by atoms with van der Waals surface area (Å²) in [7, 11) is 0. The predicted octanol–water partition coefficient (Wildman–Crippen LogP) is 17.6. The van der Waals surface area contributed by atoms with Crippen molar-refractivity contribution in [1.82, 2.24) is 0 Å². The Morgan fingerprint density at radius 2 is 0.619 bits per heavy atom. The SMILES string of the molecule is CCC/C=C\C/C=C\CCCCCCCC(=O)OC(COC(=O)CCCCCCC/C=C\CCCC)COC(=O)CCCCCCCCCCC/C=C\C/C=C\CCCCCCC. The van der Waals surface area contributed by atoms with E-state index in [4.69, 9.17) is 14.2 Å². The summed E-state index contributed by atoms with van der Waals surface area (Å²) in [5.74, 6) is -0.909. The lowest BCUT2D eigenvalue weighted by Gasteiger charge is -2.18. The topological polar surface area (TPSA) is 78.9 Å². The molecule has 63 heavy (non-hydrogen) atoms. The van der Waals surface area contributed by atoms with E-state index in [0.717, 1.165) is 103 Å². The molecule has 0 saturated heterocycles. The average Bonchev–Trinajstić information content (AvgIpc) is 3.28. The van der Waals surface area contributed by atoms with Crippen LogP contribution >= 0.6 is 0 Å². The molecule has 364 valence electrons. The van der Waals surface area contributed by atoms with Crippen molar-refractivity contribution in [3.05, 3.63) is 60.8 Å². The highest BCUT2D eigenvalue weighted by Crippen LogP contribution is 2.14. The number of unbranched alkanes of at least 4 members (excludes halogenated alkanes) is 27. The Kier molecular flexibility index (Phi) is 49.4. The monoisotopic (exact) mass is 881 g/mol. The summed E-state index contributed by atoms with van der Waals surface area (Å²) in [4.78, 5) is 38.0. The van der Waals surface area contributed by atoms with Gasteiger partial charge in [-0.05, 0) is 96.3 Å². The lowest BCUT2D eigenvalue weighted by atomic mass is 10.1. The summed E-state index contributed by atoms with van der Waals surface area (Å²) in [5, 5.41) is 0. The van der Waals surface area contributed by atoms with Crippen LogP contribution in [0.25, 0.3) is 0 Å². The second-order valence-electron chi connectivity index (χ2n) is 17.8. The standard InChI is InChI=1S/C57H100O6/c1-4-7-10-13-16-19-22-24-25-26-27-28-29-30-31-33-35-38-41-44-47-50-56(59)62-53-54(52-61-55(58)49-46-43-40-37-34-21-18-15-12-9-6-3)63-57(60)51-48-45-42-39-36-32-23-20-17-14-11-8-5-2/h11,14-15,18,20,22-24,26-27,54H,4-10,12-13,16-17,19,21,25,28-53H2,1-3H3/b14-11-,18-15-,23-20-,24-22-,27-26-. The van der Waals surface area contributed by atoms with Gasteiger partial charge in [0.15, 0.2) is 6.10 Å². The van der Waals surface area contributed by atoms with Crippen molar-refractivity contribution in [2.75, 3.05) is 13.2 Å². The Morgan fingerprint density at radius 3 is 1.00 bits per heavy atom. The van der Waals surface area contributed by atoms with E-state index in [0.29, 0.717) is 19.3 Å². The quantitative estimate of drug-likeness (QED) is 0.0262. The molecule has 6 heteroatoms. The summed E-state index contributed by atoms with van der Waals surface area (Å²) >= 11 is 0. The number of ether oxygens (including phenoxy) is 3. The maximum atomic E-state index is 12.8. The highest BCUT2D eigenvalue weighted by atomic mass is 16.6. The van der Waals surface area contributed by atoms with Crippen LogP contribution in [0.4, 0.5) is 0 Å². The summed E-state index contributed by atoms with van der Waals surface area (Å²) in [6.45, 7) is 6.51. The molecule has 0 bridgehead atoms. The summed E-state index contributed by atoms with van der Waals surface area (Å²) in [6, 6.07) is 0. The number of esters is 3. The molecular weight excluding hydrogens is 781 g/mol. The van der Waals surface area contributed by atoms with Gasteiger partial charge in [0.2, 0.25) is 0 Å². The molecule has 0 saturated carbocycles. The highest BCUT2D eigenvalue weighted by molar-refractivity contribution is 5.71. The van der Waals surface area contributed by atoms with Crippen LogP contribution in [0.1, 0.15) is 265 Å². The fourth-order valence-electron chi connectivity index (χ4n) is 7.37. The zero-order valence-electron chi connectivity index (χ0n) is 41.6. The number of carbonyl (C=O) groups is 3. The van der Waals surface area contributed by atoms with Gasteiger partial charge < -0.3 is 14.2 Å². The van der Waals surface area contributed by atoms with Crippen LogP contribution in [0.15, 0.2) is 60.8 Å². The molecule has 0 aliphatic heterocycles. The van der Waals surface area contributed by atoms with E-state index in [1.807, 2.05) is 0 Å². The first-order valence-electron chi connectivity index (χ1n) is 26.8. The fourth-order valence-corrected chi connectivity index (χ4v) is 7.37. The van der Waals surface area contributed by atoms with E-state index in [1.54, 1.807) is 0 Å². The Labute approximate surface area is 390 Å². The Morgan fingerprint density at radius 1 is 0.317 bits per heavy atom. The first-order valence-corrected chi connectivity index (χ1v) is 26.8. The molecule has 0 aromatic carbocycles. The molecule has 0 rings (SSSR count). The van der Waals surface area contributed by atoms with Gasteiger partial charge in [0.05, 0.1) is 0 Å². The van der Waals surface area contributed by atoms with Gasteiger partial charge in [0.1, 0.15) is 13.2 Å². The molecule has 6 nitrogen and oxygen atoms in total. The molecule has 0 fully saturated rings. The van der Waals surface area contributed by atoms with Crippen molar-refractivity contribution in [2.24, 2.45) is 0 Å². The second kappa shape index (κ2) is 51.7. The molecule has 0 aliphatic rings. The lowest BCUT2D eigenvalue weighted by molar-refractivity contribution is -0.167. The van der Waals surface area contributed by atoms with Crippen molar-refractivity contribution in [1.29, 1.82) is 0 Å². The minimum atomic E-state index is -0.785. The summed E-state index contributed by atoms with van der Waals surface area (Å²) < 4.78 is 16.8. The molecule has 0 aromatic rings. The van der Waals surface area contributed by atoms with E-state index in [-0.39, 0.29) is 31.1 Å². The molecule has 0 radical (unpaired) electrons. The van der Waals surface area contributed by atoms with Crippen molar-refractivity contribution in [3.8, 4) is 0 Å². The van der Waals surface area contributed by atoms with Gasteiger partial charge in [0, 0.05) is 19.3 Å². The van der Waals surface area contributed by atoms with E-state index >= 15 is 0 Å². The van der Waals surface area contributed by atoms with Gasteiger partial charge in [-0.25, -0.2) is 0 Å². The van der Waals surface area contributed by atoms with Crippen LogP contribution in [0.3, 0.4) is 0 Å². The molecule has 0 aliphatic carbocycles. The third-order valence-corrected chi connectivity index (χ3v) is 11.4. The van der Waals surface area contributed by atoms with E-state index in [2.05, 4.69) is 81.5 Å². The van der Waals surface area contributed by atoms with Gasteiger partial charge in [-0.3, -0.25) is 14.4 Å². The molecule has 0 aromatic heterocycles. The highest BCUT2D eigenvalue weighted by Gasteiger charge is 2.19. The Balaban J connectivity index is 4.31. The van der Waals surface area contributed by atoms with Crippen molar-refractivity contribution in [2.45, 2.75) is 271 Å². The first kappa shape index (κ1) is 60.1. The zero-order valence-corrected chi connectivity index (χ0v) is 41.6. The molecule has 0 heterocycles. The van der Waals surface area contributed by atoms with Gasteiger partial charge in [-0.15, -0.1) is 0 Å². The predicted molar refractivity (Wildman–Crippen MR) is 270 cm³/mol. The normalized spacial score (nSPS) is 12.5. The van der Waals surface area contributed by atoms with Crippen LogP contribution in [-0.4, -0.2) is 37.2 Å². The Bertz CT molecular complexity index is 1150. The average molecular weight is 881 g/mol. The molecule has 1 unspecified atom stereocenters. The minimum absolute atomic E-state index is 0.0846. The molecule has 1 atom stereocenters. The van der Waals surface area contributed by atoms with Gasteiger partial charge in [-0.1, -0.05) is 210 Å². The van der Waals surface area contributed by atoms with Crippen LogP contribution < -0.4 is 0 Å². The molecule has 0 N–H and O–H groups in total. The number of hydrogen-bond acceptors (Lipinski definition) is 6. The number of carbonyl (C=O) groups excluding carboxylic acids is 3. The Hall–Kier alpha value is -2.89. The van der Waals surface area contributed by atoms with E-state index in [1.165, 1.54) is 122 Å². The van der Waals surface area contributed by atoms with E-state index < -0.39 is 6.10 Å². The van der Waals surface area contributed by atoms with Crippen LogP contribution in [0.5, 0.6) is 0 Å². The van der Waals surface area contributed by atoms with Gasteiger partial charge >= 0.3 is 17.9 Å². The van der Waals surface area contributed by atoms with Crippen molar-refractivity contribution in [3.63, 3.8) is 0 Å². The van der Waals surface area contributed by atoms with Crippen molar-refractivity contribution >= 4 is 17.9 Å². The van der Waals surface area contributed by atoms with Gasteiger partial charge in [-0.2, -0.15) is 0 Å². The zero-order chi connectivity index (χ0) is 45.8. The maximum absolute atomic E-state index is 12.8. The number of rotatable bonds is 48. The largest absolute Gasteiger partial charge is 0.462 e. The molecule has 0 spiro atoms. The fraction of sp³-hybridized carbons (Fsp3) is 0.772. The van der Waals surface area contributed by atoms with Crippen molar-refractivity contribution < 1.29 is 28.6 Å². The molecular formula is C57H100O6. The van der Waals surface area contributed by atoms with Crippen LogP contribution in [0, 0.1) is 0 Å². The summed E-state index contributed by atoms with van der Waals surface area (Å²) in [5.41, 5.74) is 0. The molecule has 0 amide bonds. The summed E-state index contributed by atoms with van der Waals surface area (Å²) in [6.07, 6.45) is 63.5. The minimum Gasteiger partial charge on any atom is -0.462 e. The van der Waals surface area contributed by atoms with Crippen LogP contribution in [-0.2, 0) is 28.6 Å². The number of allylic oxidation sites excluding steroid dienone is 10. The first-order chi connectivity index (χ1) is 31.0. The number of hydrogen-bond donors (Lipinski definition) is 0. The lowest BCUT2D eigenvalue weighted by Crippen LogP contribution is -2.30. The third kappa shape index (κ3) is 50.0. The van der Waals surface area contributed by atoms with Crippen LogP contribution in [0.2, 0.25) is 0 Å². The maximum Gasteiger partial charge on any atom is 0.306 e. The third-order valence-electron chi connectivity index (χ3n) is 11.4.